The minimum absolute atomic E-state index is 0.941. The molecule has 0 heterocycles. The van der Waals surface area contributed by atoms with Crippen molar-refractivity contribution in [1.82, 2.24) is 5.01 Å². The van der Waals surface area contributed by atoms with Crippen LogP contribution in [0.2, 0.25) is 0 Å². The molecule has 2 aromatic rings. The third kappa shape index (κ3) is 5.13. The predicted octanol–water partition coefficient (Wildman–Crippen LogP) is 3.56. The SMILES string of the molecule is CCN(N)CC.c1ccc(-c2ccccc2)cc1. The zero-order chi connectivity index (χ0) is 13.2. The number of benzene rings is 2. The smallest absolute Gasteiger partial charge is 0.00996 e. The summed E-state index contributed by atoms with van der Waals surface area (Å²) in [5.41, 5.74) is 2.55. The zero-order valence-corrected chi connectivity index (χ0v) is 11.2. The van der Waals surface area contributed by atoms with Crippen LogP contribution in [0.15, 0.2) is 60.7 Å². The van der Waals surface area contributed by atoms with Gasteiger partial charge in [0.2, 0.25) is 0 Å². The van der Waals surface area contributed by atoms with Gasteiger partial charge in [0.25, 0.3) is 0 Å². The van der Waals surface area contributed by atoms with Crippen molar-refractivity contribution in [3.63, 3.8) is 0 Å². The second kappa shape index (κ2) is 8.45. The average molecular weight is 242 g/mol. The largest absolute Gasteiger partial charge is 0.269 e. The van der Waals surface area contributed by atoms with Crippen LogP contribution in [-0.2, 0) is 0 Å². The number of hydrogen-bond acceptors (Lipinski definition) is 2. The molecular weight excluding hydrogens is 220 g/mol. The van der Waals surface area contributed by atoms with Crippen LogP contribution in [0.5, 0.6) is 0 Å². The number of hydrazine groups is 1. The van der Waals surface area contributed by atoms with Crippen LogP contribution in [0.1, 0.15) is 13.8 Å². The molecule has 2 heteroatoms. The van der Waals surface area contributed by atoms with Crippen molar-refractivity contribution in [3.8, 4) is 11.1 Å². The Bertz CT molecular complexity index is 370. The van der Waals surface area contributed by atoms with Gasteiger partial charge >= 0.3 is 0 Å². The van der Waals surface area contributed by atoms with Crippen LogP contribution >= 0.6 is 0 Å². The fourth-order valence-electron chi connectivity index (χ4n) is 1.48. The van der Waals surface area contributed by atoms with E-state index in [0.717, 1.165) is 13.1 Å². The molecule has 0 radical (unpaired) electrons. The molecule has 96 valence electrons. The maximum Gasteiger partial charge on any atom is 0.00996 e. The summed E-state index contributed by atoms with van der Waals surface area (Å²) in [4.78, 5) is 0. The number of nitrogens with zero attached hydrogens (tertiary/aromatic N) is 1. The summed E-state index contributed by atoms with van der Waals surface area (Å²) >= 11 is 0. The molecule has 0 amide bonds. The molecular formula is C16H22N2. The highest BCUT2D eigenvalue weighted by molar-refractivity contribution is 5.62. The van der Waals surface area contributed by atoms with Crippen molar-refractivity contribution in [2.45, 2.75) is 13.8 Å². The van der Waals surface area contributed by atoms with E-state index >= 15 is 0 Å². The average Bonchev–Trinajstić information content (AvgIpc) is 2.49. The molecule has 2 rings (SSSR count). The summed E-state index contributed by atoms with van der Waals surface area (Å²) in [6.07, 6.45) is 0. The molecule has 0 fully saturated rings. The van der Waals surface area contributed by atoms with Crippen LogP contribution in [-0.4, -0.2) is 18.1 Å². The zero-order valence-electron chi connectivity index (χ0n) is 11.2. The summed E-state index contributed by atoms with van der Waals surface area (Å²) in [6, 6.07) is 20.8. The molecule has 0 spiro atoms. The van der Waals surface area contributed by atoms with E-state index in [1.165, 1.54) is 11.1 Å². The van der Waals surface area contributed by atoms with E-state index in [-0.39, 0.29) is 0 Å². The van der Waals surface area contributed by atoms with Gasteiger partial charge in [0, 0.05) is 13.1 Å². The lowest BCUT2D eigenvalue weighted by Crippen LogP contribution is -2.29. The van der Waals surface area contributed by atoms with Gasteiger partial charge in [0.05, 0.1) is 0 Å². The van der Waals surface area contributed by atoms with Gasteiger partial charge in [-0.3, -0.25) is 5.84 Å². The minimum Gasteiger partial charge on any atom is -0.269 e. The van der Waals surface area contributed by atoms with E-state index < -0.39 is 0 Å². The van der Waals surface area contributed by atoms with Crippen LogP contribution < -0.4 is 5.84 Å². The highest BCUT2D eigenvalue weighted by atomic mass is 15.4. The highest BCUT2D eigenvalue weighted by Crippen LogP contribution is 2.17. The Morgan fingerprint density at radius 1 is 0.722 bits per heavy atom. The molecule has 0 atom stereocenters. The third-order valence-electron chi connectivity index (χ3n) is 2.69. The normalized spacial score (nSPS) is 9.78. The third-order valence-corrected chi connectivity index (χ3v) is 2.69. The molecule has 0 aliphatic rings. The van der Waals surface area contributed by atoms with Crippen LogP contribution in [0.4, 0.5) is 0 Å². The van der Waals surface area contributed by atoms with Crippen molar-refractivity contribution in [2.75, 3.05) is 13.1 Å². The topological polar surface area (TPSA) is 29.3 Å². The molecule has 2 aromatic carbocycles. The van der Waals surface area contributed by atoms with Crippen molar-refractivity contribution in [1.29, 1.82) is 0 Å². The lowest BCUT2D eigenvalue weighted by Gasteiger charge is -2.07. The van der Waals surface area contributed by atoms with E-state index in [1.54, 1.807) is 5.01 Å². The van der Waals surface area contributed by atoms with Gasteiger partial charge in [0.1, 0.15) is 0 Å². The second-order valence-electron chi connectivity index (χ2n) is 3.95. The first kappa shape index (κ1) is 14.4. The highest BCUT2D eigenvalue weighted by Gasteiger charge is 1.91. The van der Waals surface area contributed by atoms with Gasteiger partial charge in [-0.1, -0.05) is 74.5 Å². The summed E-state index contributed by atoms with van der Waals surface area (Å²) in [6.45, 7) is 5.94. The molecule has 18 heavy (non-hydrogen) atoms. The Kier molecular flexibility index (Phi) is 6.77. The van der Waals surface area contributed by atoms with E-state index in [0.29, 0.717) is 0 Å². The summed E-state index contributed by atoms with van der Waals surface area (Å²) in [7, 11) is 0. The molecule has 0 bridgehead atoms. The Balaban J connectivity index is 0.000000232. The van der Waals surface area contributed by atoms with E-state index in [9.17, 15) is 0 Å². The first-order valence-electron chi connectivity index (χ1n) is 6.38. The Labute approximate surface area is 110 Å². The first-order chi connectivity index (χ1) is 8.77. The fourth-order valence-corrected chi connectivity index (χ4v) is 1.48. The lowest BCUT2D eigenvalue weighted by molar-refractivity contribution is 0.316. The van der Waals surface area contributed by atoms with Crippen LogP contribution in [0, 0.1) is 0 Å². The molecule has 2 N–H and O–H groups in total. The van der Waals surface area contributed by atoms with E-state index in [2.05, 4.69) is 48.5 Å². The maximum absolute atomic E-state index is 5.31. The standard InChI is InChI=1S/C12H10.C4H12N2/c1-3-7-11(8-4-1)12-9-5-2-6-10-12;1-3-6(5)4-2/h1-10H;3-5H2,1-2H3. The summed E-state index contributed by atoms with van der Waals surface area (Å²) < 4.78 is 0. The Morgan fingerprint density at radius 2 is 1.06 bits per heavy atom. The lowest BCUT2D eigenvalue weighted by atomic mass is 10.1. The van der Waals surface area contributed by atoms with Crippen molar-refractivity contribution in [2.24, 2.45) is 5.84 Å². The molecule has 0 aromatic heterocycles. The molecule has 0 unspecified atom stereocenters. The first-order valence-corrected chi connectivity index (χ1v) is 6.38. The molecule has 2 nitrogen and oxygen atoms in total. The van der Waals surface area contributed by atoms with Gasteiger partial charge in [-0.15, -0.1) is 0 Å². The minimum atomic E-state index is 0.941. The predicted molar refractivity (Wildman–Crippen MR) is 79.0 cm³/mol. The molecule has 0 saturated carbocycles. The van der Waals surface area contributed by atoms with E-state index in [1.807, 2.05) is 26.0 Å². The van der Waals surface area contributed by atoms with Gasteiger partial charge in [-0.25, -0.2) is 5.01 Å². The van der Waals surface area contributed by atoms with Gasteiger partial charge < -0.3 is 0 Å². The van der Waals surface area contributed by atoms with Gasteiger partial charge in [-0.2, -0.15) is 0 Å². The van der Waals surface area contributed by atoms with Crippen LogP contribution in [0.25, 0.3) is 11.1 Å². The number of hydrogen-bond donors (Lipinski definition) is 1. The van der Waals surface area contributed by atoms with Crippen molar-refractivity contribution >= 4 is 0 Å². The maximum atomic E-state index is 5.31. The summed E-state index contributed by atoms with van der Waals surface area (Å²) in [5.74, 6) is 5.31. The van der Waals surface area contributed by atoms with Gasteiger partial charge in [0.15, 0.2) is 0 Å². The van der Waals surface area contributed by atoms with Gasteiger partial charge in [-0.05, 0) is 11.1 Å². The Hall–Kier alpha value is -1.64. The van der Waals surface area contributed by atoms with E-state index in [4.69, 9.17) is 5.84 Å². The number of nitrogens with two attached hydrogens (primary N) is 1. The Morgan fingerprint density at radius 3 is 1.28 bits per heavy atom. The van der Waals surface area contributed by atoms with Crippen molar-refractivity contribution in [3.05, 3.63) is 60.7 Å². The second-order valence-corrected chi connectivity index (χ2v) is 3.95. The molecule has 0 aliphatic carbocycles. The van der Waals surface area contributed by atoms with Crippen LogP contribution in [0.3, 0.4) is 0 Å². The quantitative estimate of drug-likeness (QED) is 0.658. The summed E-state index contributed by atoms with van der Waals surface area (Å²) in [5, 5.41) is 1.75. The van der Waals surface area contributed by atoms with Crippen molar-refractivity contribution < 1.29 is 0 Å². The monoisotopic (exact) mass is 242 g/mol. The molecule has 0 saturated heterocycles. The fraction of sp³-hybridized carbons (Fsp3) is 0.250. The number of rotatable bonds is 3. The molecule has 0 aliphatic heterocycles.